The molecular weight excluding hydrogens is 439 g/mol. The molecule has 0 bridgehead atoms. The number of thiophene rings is 1. The van der Waals surface area contributed by atoms with Crippen LogP contribution in [0.3, 0.4) is 0 Å². The molecule has 1 aromatic heterocycles. The van der Waals surface area contributed by atoms with Gasteiger partial charge in [-0.1, -0.05) is 12.1 Å². The van der Waals surface area contributed by atoms with Gasteiger partial charge in [0.2, 0.25) is 5.91 Å². The van der Waals surface area contributed by atoms with Crippen LogP contribution in [0.2, 0.25) is 0 Å². The predicted octanol–water partition coefficient (Wildman–Crippen LogP) is 5.04. The van der Waals surface area contributed by atoms with Crippen LogP contribution in [0.4, 0.5) is 4.39 Å². The fourth-order valence-electron chi connectivity index (χ4n) is 3.68. The number of halogens is 1. The molecule has 0 aliphatic heterocycles. The van der Waals surface area contributed by atoms with Crippen molar-refractivity contribution < 1.29 is 18.7 Å². The van der Waals surface area contributed by atoms with Crippen molar-refractivity contribution in [2.75, 3.05) is 13.7 Å². The summed E-state index contributed by atoms with van der Waals surface area (Å²) in [4.78, 5) is 31.2. The zero-order valence-electron chi connectivity index (χ0n) is 18.8. The van der Waals surface area contributed by atoms with Crippen molar-refractivity contribution in [3.05, 3.63) is 87.4 Å². The average Bonchev–Trinajstić information content (AvgIpc) is 3.59. The zero-order chi connectivity index (χ0) is 23.4. The summed E-state index contributed by atoms with van der Waals surface area (Å²) in [5.41, 5.74) is 2.51. The van der Waals surface area contributed by atoms with Crippen molar-refractivity contribution in [1.29, 1.82) is 0 Å². The van der Waals surface area contributed by atoms with Gasteiger partial charge in [-0.25, -0.2) is 4.39 Å². The first-order chi connectivity index (χ1) is 15.9. The quantitative estimate of drug-likeness (QED) is 0.444. The highest BCUT2D eigenvalue weighted by Gasteiger charge is 2.35. The number of amides is 2. The minimum atomic E-state index is -0.310. The summed E-state index contributed by atoms with van der Waals surface area (Å²) in [6.07, 6.45) is 1.80. The molecule has 1 heterocycles. The molecule has 0 radical (unpaired) electrons. The van der Waals surface area contributed by atoms with Crippen LogP contribution in [0.25, 0.3) is 0 Å². The summed E-state index contributed by atoms with van der Waals surface area (Å²) in [5, 5.41) is 2.01. The first-order valence-corrected chi connectivity index (χ1v) is 11.8. The summed E-state index contributed by atoms with van der Waals surface area (Å²) in [5.74, 6) is 0.0940. The molecule has 1 aliphatic carbocycles. The van der Waals surface area contributed by atoms with Gasteiger partial charge in [-0.15, -0.1) is 11.3 Å². The molecule has 0 N–H and O–H groups in total. The lowest BCUT2D eigenvalue weighted by Gasteiger charge is -2.28. The smallest absolute Gasteiger partial charge is 0.254 e. The highest BCUT2D eigenvalue weighted by atomic mass is 32.1. The van der Waals surface area contributed by atoms with E-state index in [1.807, 2.05) is 18.4 Å². The number of hydrogen-bond acceptors (Lipinski definition) is 4. The summed E-state index contributed by atoms with van der Waals surface area (Å²) >= 11 is 1.61. The molecule has 2 aromatic carbocycles. The lowest BCUT2D eigenvalue weighted by Crippen LogP contribution is -2.43. The normalized spacial score (nSPS) is 12.9. The molecule has 5 nitrogen and oxygen atoms in total. The molecule has 2 amide bonds. The van der Waals surface area contributed by atoms with E-state index in [9.17, 15) is 14.0 Å². The maximum absolute atomic E-state index is 13.5. The molecule has 33 heavy (non-hydrogen) atoms. The van der Waals surface area contributed by atoms with E-state index in [4.69, 9.17) is 4.74 Å². The largest absolute Gasteiger partial charge is 0.497 e. The second-order valence-electron chi connectivity index (χ2n) is 8.30. The van der Waals surface area contributed by atoms with Gasteiger partial charge < -0.3 is 14.5 Å². The van der Waals surface area contributed by atoms with Crippen LogP contribution in [0, 0.1) is 12.7 Å². The maximum Gasteiger partial charge on any atom is 0.254 e. The molecule has 0 spiro atoms. The molecule has 4 rings (SSSR count). The predicted molar refractivity (Wildman–Crippen MR) is 127 cm³/mol. The Bertz CT molecular complexity index is 1110. The van der Waals surface area contributed by atoms with Gasteiger partial charge in [0.05, 0.1) is 13.7 Å². The first kappa shape index (κ1) is 23.0. The van der Waals surface area contributed by atoms with E-state index < -0.39 is 0 Å². The molecule has 1 fully saturated rings. The maximum atomic E-state index is 13.5. The number of carbonyl (C=O) groups excluding carboxylic acids is 2. The molecule has 1 aliphatic rings. The Balaban J connectivity index is 1.53. The molecule has 0 saturated heterocycles. The van der Waals surface area contributed by atoms with E-state index in [1.165, 1.54) is 12.1 Å². The van der Waals surface area contributed by atoms with Crippen LogP contribution in [0.1, 0.15) is 39.2 Å². The summed E-state index contributed by atoms with van der Waals surface area (Å²) in [7, 11) is 1.58. The van der Waals surface area contributed by atoms with Gasteiger partial charge in [0, 0.05) is 23.0 Å². The molecule has 3 aromatic rings. The lowest BCUT2D eigenvalue weighted by atomic mass is 10.1. The second kappa shape index (κ2) is 10.2. The zero-order valence-corrected chi connectivity index (χ0v) is 19.6. The molecular formula is C26H27FN2O3S. The third-order valence-electron chi connectivity index (χ3n) is 5.83. The Hall–Kier alpha value is -3.19. The molecule has 172 valence electrons. The Morgan fingerprint density at radius 2 is 1.73 bits per heavy atom. The van der Waals surface area contributed by atoms with Crippen molar-refractivity contribution in [2.45, 2.75) is 38.9 Å². The van der Waals surface area contributed by atoms with Crippen LogP contribution in [-0.2, 0) is 17.9 Å². The van der Waals surface area contributed by atoms with E-state index >= 15 is 0 Å². The van der Waals surface area contributed by atoms with E-state index in [1.54, 1.807) is 64.6 Å². The Labute approximate surface area is 197 Å². The van der Waals surface area contributed by atoms with E-state index in [0.717, 1.165) is 28.8 Å². The van der Waals surface area contributed by atoms with Crippen molar-refractivity contribution in [3.8, 4) is 5.75 Å². The van der Waals surface area contributed by atoms with Crippen LogP contribution in [0.5, 0.6) is 5.75 Å². The summed E-state index contributed by atoms with van der Waals surface area (Å²) in [6.45, 7) is 2.85. The fourth-order valence-corrected chi connectivity index (χ4v) is 4.60. The third-order valence-corrected chi connectivity index (χ3v) is 6.84. The van der Waals surface area contributed by atoms with Gasteiger partial charge >= 0.3 is 0 Å². The van der Waals surface area contributed by atoms with Crippen LogP contribution in [-0.4, -0.2) is 41.3 Å². The van der Waals surface area contributed by atoms with Gasteiger partial charge in [0.1, 0.15) is 18.1 Å². The van der Waals surface area contributed by atoms with Crippen molar-refractivity contribution >= 4 is 23.2 Å². The van der Waals surface area contributed by atoms with E-state index in [2.05, 4.69) is 0 Å². The minimum Gasteiger partial charge on any atom is -0.497 e. The second-order valence-corrected chi connectivity index (χ2v) is 9.30. The highest BCUT2D eigenvalue weighted by molar-refractivity contribution is 7.10. The Kier molecular flexibility index (Phi) is 7.08. The van der Waals surface area contributed by atoms with Crippen molar-refractivity contribution in [2.24, 2.45) is 0 Å². The highest BCUT2D eigenvalue weighted by Crippen LogP contribution is 2.29. The monoisotopic (exact) mass is 466 g/mol. The number of hydrogen-bond donors (Lipinski definition) is 0. The lowest BCUT2D eigenvalue weighted by molar-refractivity contribution is -0.133. The standard InChI is InChI=1S/C26H27FN2O3S/c1-18-13-14-33-24(18)16-28(15-19-3-7-21(27)8-4-19)25(30)17-29(22-9-10-22)26(31)20-5-11-23(32-2)12-6-20/h3-8,11-14,22H,9-10,15-17H2,1-2H3. The Morgan fingerprint density at radius 3 is 2.30 bits per heavy atom. The van der Waals surface area contributed by atoms with Gasteiger partial charge in [-0.05, 0) is 78.7 Å². The van der Waals surface area contributed by atoms with Crippen LogP contribution >= 0.6 is 11.3 Å². The number of benzene rings is 2. The molecule has 7 heteroatoms. The van der Waals surface area contributed by atoms with Gasteiger partial charge in [-0.2, -0.15) is 0 Å². The Morgan fingerprint density at radius 1 is 1.03 bits per heavy atom. The number of nitrogens with zero attached hydrogens (tertiary/aromatic N) is 2. The van der Waals surface area contributed by atoms with Gasteiger partial charge in [0.25, 0.3) is 5.91 Å². The van der Waals surface area contributed by atoms with Gasteiger partial charge in [-0.3, -0.25) is 9.59 Å². The minimum absolute atomic E-state index is 0.0150. The SMILES string of the molecule is COc1ccc(C(=O)N(CC(=O)N(Cc2ccc(F)cc2)Cc2sccc2C)C2CC2)cc1. The number of rotatable bonds is 9. The number of aryl methyl sites for hydroxylation is 1. The fraction of sp³-hybridized carbons (Fsp3) is 0.308. The molecule has 1 saturated carbocycles. The topological polar surface area (TPSA) is 49.9 Å². The number of carbonyl (C=O) groups is 2. The first-order valence-electron chi connectivity index (χ1n) is 10.9. The van der Waals surface area contributed by atoms with Crippen molar-refractivity contribution in [1.82, 2.24) is 9.80 Å². The van der Waals surface area contributed by atoms with E-state index in [0.29, 0.717) is 24.4 Å². The molecule has 0 atom stereocenters. The number of methoxy groups -OCH3 is 1. The molecule has 0 unspecified atom stereocenters. The van der Waals surface area contributed by atoms with E-state index in [-0.39, 0.29) is 30.2 Å². The van der Waals surface area contributed by atoms with Crippen LogP contribution in [0.15, 0.2) is 60.0 Å². The third kappa shape index (κ3) is 5.79. The van der Waals surface area contributed by atoms with Gasteiger partial charge in [0.15, 0.2) is 0 Å². The van der Waals surface area contributed by atoms with Crippen LogP contribution < -0.4 is 4.74 Å². The average molecular weight is 467 g/mol. The summed E-state index contributed by atoms with van der Waals surface area (Å²) < 4.78 is 18.6. The summed E-state index contributed by atoms with van der Waals surface area (Å²) in [6, 6.07) is 15.3. The van der Waals surface area contributed by atoms with Crippen molar-refractivity contribution in [3.63, 3.8) is 0 Å². The number of ether oxygens (including phenoxy) is 1.